The third kappa shape index (κ3) is 3.97. The molecule has 2 amide bonds. The summed E-state index contributed by atoms with van der Waals surface area (Å²) in [6, 6.07) is 3.96. The molecule has 9 nitrogen and oxygen atoms in total. The van der Waals surface area contributed by atoms with E-state index in [0.29, 0.717) is 17.8 Å². The minimum absolute atomic E-state index is 0.0574. The number of nitrogens with one attached hydrogen (secondary N) is 2. The number of anilines is 2. The normalized spacial score (nSPS) is 21.9. The fraction of sp³-hybridized carbons (Fsp3) is 0.500. The fourth-order valence-electron chi connectivity index (χ4n) is 5.63. The van der Waals surface area contributed by atoms with E-state index in [1.54, 1.807) is 30.1 Å². The number of aryl methyl sites for hydroxylation is 1. The average molecular weight is 504 g/mol. The van der Waals surface area contributed by atoms with Crippen LogP contribution in [-0.4, -0.2) is 55.6 Å². The number of hydrogen-bond donors (Lipinski definition) is 2. The van der Waals surface area contributed by atoms with Gasteiger partial charge in [0.15, 0.2) is 0 Å². The lowest BCUT2D eigenvalue weighted by Gasteiger charge is -2.25. The largest absolute Gasteiger partial charge is 0.351 e. The molecule has 0 aromatic carbocycles. The van der Waals surface area contributed by atoms with E-state index in [2.05, 4.69) is 25.8 Å². The first-order valence-electron chi connectivity index (χ1n) is 12.9. The lowest BCUT2D eigenvalue weighted by atomic mass is 9.91. The van der Waals surface area contributed by atoms with Crippen LogP contribution in [0.1, 0.15) is 59.3 Å². The summed E-state index contributed by atoms with van der Waals surface area (Å²) in [4.78, 5) is 34.0. The fourth-order valence-corrected chi connectivity index (χ4v) is 6.87. The molecule has 4 aliphatic rings. The molecule has 36 heavy (non-hydrogen) atoms. The monoisotopic (exact) mass is 503 g/mol. The number of likely N-dealkylation sites (tertiary alicyclic amines) is 1. The Hall–Kier alpha value is -3.27. The van der Waals surface area contributed by atoms with Crippen LogP contribution < -0.4 is 10.6 Å². The van der Waals surface area contributed by atoms with Crippen molar-refractivity contribution >= 4 is 34.1 Å². The number of carbonyl (C=O) groups is 2. The summed E-state index contributed by atoms with van der Waals surface area (Å²) >= 11 is 1.60. The first-order valence-corrected chi connectivity index (χ1v) is 13.7. The van der Waals surface area contributed by atoms with Crippen LogP contribution in [0.5, 0.6) is 0 Å². The molecule has 3 fully saturated rings. The minimum Gasteiger partial charge on any atom is -0.351 e. The third-order valence-corrected chi connectivity index (χ3v) is 9.35. The molecule has 7 rings (SSSR count). The van der Waals surface area contributed by atoms with Crippen LogP contribution in [0.2, 0.25) is 0 Å². The summed E-state index contributed by atoms with van der Waals surface area (Å²) in [5, 5.41) is 15.9. The van der Waals surface area contributed by atoms with Crippen molar-refractivity contribution in [3.05, 3.63) is 46.9 Å². The number of thiophene rings is 1. The lowest BCUT2D eigenvalue weighted by molar-refractivity contribution is -0.117. The van der Waals surface area contributed by atoms with Crippen LogP contribution >= 0.6 is 11.3 Å². The zero-order valence-electron chi connectivity index (χ0n) is 20.1. The van der Waals surface area contributed by atoms with E-state index in [4.69, 9.17) is 0 Å². The van der Waals surface area contributed by atoms with Crippen molar-refractivity contribution in [1.29, 1.82) is 0 Å². The van der Waals surface area contributed by atoms with Crippen molar-refractivity contribution < 1.29 is 9.59 Å². The van der Waals surface area contributed by atoms with Crippen molar-refractivity contribution in [2.45, 2.75) is 57.4 Å². The molecule has 0 bridgehead atoms. The first-order chi connectivity index (χ1) is 17.6. The van der Waals surface area contributed by atoms with E-state index in [1.165, 1.54) is 17.7 Å². The predicted molar refractivity (Wildman–Crippen MR) is 136 cm³/mol. The Balaban J connectivity index is 1.17. The summed E-state index contributed by atoms with van der Waals surface area (Å²) in [5.74, 6) is 0.905. The Kier molecular flexibility index (Phi) is 5.13. The smallest absolute Gasteiger partial charge is 0.257 e. The van der Waals surface area contributed by atoms with E-state index in [-0.39, 0.29) is 23.8 Å². The second-order valence-corrected chi connectivity index (χ2v) is 11.9. The zero-order valence-corrected chi connectivity index (χ0v) is 20.9. The SMILES string of the molecule is O=C(Nc1sc2c(c1C(=O)N1CCC3(CC3)C1)CC(Nc1nncn1-c1cccnc1)CC2)C1CC1. The number of aromatic nitrogens is 4. The summed E-state index contributed by atoms with van der Waals surface area (Å²) in [6.07, 6.45) is 13.1. The van der Waals surface area contributed by atoms with Gasteiger partial charge in [-0.1, -0.05) is 0 Å². The van der Waals surface area contributed by atoms with E-state index in [1.807, 2.05) is 21.6 Å². The van der Waals surface area contributed by atoms with Crippen LogP contribution in [0.4, 0.5) is 10.9 Å². The number of fused-ring (bicyclic) bond motifs is 1. The van der Waals surface area contributed by atoms with Gasteiger partial charge in [0, 0.05) is 36.1 Å². The van der Waals surface area contributed by atoms with Gasteiger partial charge in [-0.05, 0) is 74.5 Å². The van der Waals surface area contributed by atoms with Crippen molar-refractivity contribution in [3.8, 4) is 5.69 Å². The molecule has 10 heteroatoms. The van der Waals surface area contributed by atoms with Crippen LogP contribution in [0.25, 0.3) is 5.69 Å². The first kappa shape index (κ1) is 22.0. The van der Waals surface area contributed by atoms with Gasteiger partial charge in [0.05, 0.1) is 17.4 Å². The molecule has 0 radical (unpaired) electrons. The highest BCUT2D eigenvalue weighted by Gasteiger charge is 2.49. The summed E-state index contributed by atoms with van der Waals surface area (Å²) < 4.78 is 1.89. The highest BCUT2D eigenvalue weighted by atomic mass is 32.1. The molecule has 1 spiro atoms. The number of carbonyl (C=O) groups excluding carboxylic acids is 2. The molecule has 1 unspecified atom stereocenters. The number of amides is 2. The van der Waals surface area contributed by atoms with Crippen LogP contribution in [0, 0.1) is 11.3 Å². The topological polar surface area (TPSA) is 105 Å². The Morgan fingerprint density at radius 2 is 2.06 bits per heavy atom. The Bertz CT molecular complexity index is 1330. The highest BCUT2D eigenvalue weighted by Crippen LogP contribution is 2.53. The van der Waals surface area contributed by atoms with Crippen LogP contribution in [0.3, 0.4) is 0 Å². The third-order valence-electron chi connectivity index (χ3n) is 8.15. The summed E-state index contributed by atoms with van der Waals surface area (Å²) in [6.45, 7) is 1.66. The number of pyridine rings is 1. The molecule has 3 aromatic rings. The zero-order chi connectivity index (χ0) is 24.3. The summed E-state index contributed by atoms with van der Waals surface area (Å²) in [7, 11) is 0. The highest BCUT2D eigenvalue weighted by molar-refractivity contribution is 7.17. The van der Waals surface area contributed by atoms with E-state index >= 15 is 0 Å². The molecule has 1 atom stereocenters. The molecule has 186 valence electrons. The maximum atomic E-state index is 13.9. The molecular formula is C26H29N7O2S. The van der Waals surface area contributed by atoms with Crippen LogP contribution in [-0.2, 0) is 17.6 Å². The molecule has 2 N–H and O–H groups in total. The van der Waals surface area contributed by atoms with Crippen molar-refractivity contribution in [3.63, 3.8) is 0 Å². The van der Waals surface area contributed by atoms with Crippen LogP contribution in [0.15, 0.2) is 30.9 Å². The van der Waals surface area contributed by atoms with Gasteiger partial charge in [-0.2, -0.15) is 0 Å². The number of nitrogens with zero attached hydrogens (tertiary/aromatic N) is 5. The van der Waals surface area contributed by atoms with Gasteiger partial charge in [0.2, 0.25) is 11.9 Å². The van der Waals surface area contributed by atoms with E-state index in [0.717, 1.165) is 67.0 Å². The van der Waals surface area contributed by atoms with Gasteiger partial charge in [0.25, 0.3) is 5.91 Å². The number of hydrogen-bond acceptors (Lipinski definition) is 7. The standard InChI is InChI=1S/C26H29N7O2S/c34-22(16-3-4-16)30-23-21(24(35)32-11-9-26(14-32)7-8-26)19-12-17(5-6-20(19)36-23)29-25-31-28-15-33(25)18-2-1-10-27-13-18/h1-2,10,13,15-17H,3-9,11-12,14H2,(H,29,31)(H,30,34). The Labute approximate surface area is 213 Å². The lowest BCUT2D eigenvalue weighted by Crippen LogP contribution is -2.33. The quantitative estimate of drug-likeness (QED) is 0.532. The molecular weight excluding hydrogens is 474 g/mol. The second-order valence-electron chi connectivity index (χ2n) is 10.8. The van der Waals surface area contributed by atoms with Gasteiger partial charge < -0.3 is 15.5 Å². The summed E-state index contributed by atoms with van der Waals surface area (Å²) in [5.41, 5.74) is 3.07. The average Bonchev–Trinajstić information content (AvgIpc) is 3.75. The van der Waals surface area contributed by atoms with Gasteiger partial charge >= 0.3 is 0 Å². The molecule has 3 aromatic heterocycles. The number of rotatable bonds is 6. The van der Waals surface area contributed by atoms with E-state index in [9.17, 15) is 9.59 Å². The molecule has 2 saturated carbocycles. The Morgan fingerprint density at radius 3 is 2.81 bits per heavy atom. The Morgan fingerprint density at radius 1 is 1.17 bits per heavy atom. The van der Waals surface area contributed by atoms with Crippen molar-refractivity contribution in [1.82, 2.24) is 24.6 Å². The van der Waals surface area contributed by atoms with Crippen molar-refractivity contribution in [2.75, 3.05) is 23.7 Å². The predicted octanol–water partition coefficient (Wildman–Crippen LogP) is 3.67. The van der Waals surface area contributed by atoms with Crippen molar-refractivity contribution in [2.24, 2.45) is 11.3 Å². The van der Waals surface area contributed by atoms with Gasteiger partial charge in [-0.25, -0.2) is 0 Å². The molecule has 1 aliphatic heterocycles. The molecule has 1 saturated heterocycles. The van der Waals surface area contributed by atoms with E-state index < -0.39 is 0 Å². The maximum Gasteiger partial charge on any atom is 0.257 e. The molecule has 3 aliphatic carbocycles. The van der Waals surface area contributed by atoms with Gasteiger partial charge in [0.1, 0.15) is 11.3 Å². The van der Waals surface area contributed by atoms with Gasteiger partial charge in [-0.3, -0.25) is 19.1 Å². The van der Waals surface area contributed by atoms with Gasteiger partial charge in [-0.15, -0.1) is 21.5 Å². The second kappa shape index (κ2) is 8.40. The maximum absolute atomic E-state index is 13.9. The minimum atomic E-state index is 0.0574. The molecule has 4 heterocycles.